The Balaban J connectivity index is 1.86. The van der Waals surface area contributed by atoms with Crippen molar-refractivity contribution in [3.63, 3.8) is 0 Å². The zero-order valence-corrected chi connectivity index (χ0v) is 17.7. The van der Waals surface area contributed by atoms with Gasteiger partial charge in [-0.15, -0.1) is 17.9 Å². The lowest BCUT2D eigenvalue weighted by molar-refractivity contribution is -0.115. The molecule has 6 nitrogen and oxygen atoms in total. The molecule has 0 spiro atoms. The fourth-order valence-electron chi connectivity index (χ4n) is 2.53. The molecule has 0 aliphatic rings. The van der Waals surface area contributed by atoms with E-state index in [-0.39, 0.29) is 11.5 Å². The Morgan fingerprint density at radius 2 is 2.29 bits per heavy atom. The van der Waals surface area contributed by atoms with Gasteiger partial charge in [0.2, 0.25) is 5.91 Å². The maximum Gasteiger partial charge on any atom is 0.263 e. The van der Waals surface area contributed by atoms with Gasteiger partial charge in [-0.05, 0) is 36.6 Å². The van der Waals surface area contributed by atoms with E-state index >= 15 is 0 Å². The molecule has 1 aromatic carbocycles. The molecule has 1 unspecified atom stereocenters. The van der Waals surface area contributed by atoms with Crippen LogP contribution in [0.2, 0.25) is 5.02 Å². The molecule has 0 bridgehead atoms. The second-order valence-electron chi connectivity index (χ2n) is 5.83. The molecule has 0 saturated carbocycles. The molecule has 1 amide bonds. The van der Waals surface area contributed by atoms with Crippen molar-refractivity contribution in [3.05, 3.63) is 57.7 Å². The number of hydrogen-bond acceptors (Lipinski definition) is 6. The fraction of sp³-hybridized carbons (Fsp3) is 0.211. The van der Waals surface area contributed by atoms with Crippen LogP contribution in [-0.2, 0) is 11.3 Å². The monoisotopic (exact) mass is 435 g/mol. The van der Waals surface area contributed by atoms with E-state index in [1.54, 1.807) is 37.3 Å². The highest BCUT2D eigenvalue weighted by atomic mass is 35.5. The lowest BCUT2D eigenvalue weighted by Gasteiger charge is -2.16. The first-order valence-electron chi connectivity index (χ1n) is 8.34. The first kappa shape index (κ1) is 20.4. The number of carbonyl (C=O) groups excluding carboxylic acids is 1. The Morgan fingerprint density at radius 1 is 1.50 bits per heavy atom. The number of amides is 1. The number of thiophene rings is 1. The molecule has 1 N–H and O–H groups in total. The van der Waals surface area contributed by atoms with Crippen LogP contribution in [0.5, 0.6) is 5.75 Å². The van der Waals surface area contributed by atoms with Gasteiger partial charge in [-0.1, -0.05) is 29.4 Å². The number of anilines is 1. The van der Waals surface area contributed by atoms with Crippen LogP contribution in [0.15, 0.2) is 52.3 Å². The molecule has 28 heavy (non-hydrogen) atoms. The van der Waals surface area contributed by atoms with Gasteiger partial charge >= 0.3 is 0 Å². The Hall–Kier alpha value is -2.29. The Morgan fingerprint density at radius 3 is 3.00 bits per heavy atom. The number of nitrogens with one attached hydrogen (secondary N) is 1. The van der Waals surface area contributed by atoms with Crippen LogP contribution in [-0.4, -0.2) is 27.8 Å². The van der Waals surface area contributed by atoms with Crippen molar-refractivity contribution in [2.24, 2.45) is 0 Å². The van der Waals surface area contributed by atoms with Gasteiger partial charge in [0.25, 0.3) is 5.56 Å². The summed E-state index contributed by atoms with van der Waals surface area (Å²) in [4.78, 5) is 30.6. The molecular formula is C19H18ClN3O3S2. The fourth-order valence-corrected chi connectivity index (χ4v) is 4.43. The van der Waals surface area contributed by atoms with E-state index in [9.17, 15) is 9.59 Å². The summed E-state index contributed by atoms with van der Waals surface area (Å²) >= 11 is 8.62. The summed E-state index contributed by atoms with van der Waals surface area (Å²) in [5.41, 5.74) is 0.343. The summed E-state index contributed by atoms with van der Waals surface area (Å²) < 4.78 is 6.78. The number of nitrogens with zero attached hydrogens (tertiary/aromatic N) is 2. The first-order chi connectivity index (χ1) is 13.4. The van der Waals surface area contributed by atoms with E-state index in [4.69, 9.17) is 16.3 Å². The minimum absolute atomic E-state index is 0.141. The van der Waals surface area contributed by atoms with Crippen LogP contribution in [0.25, 0.3) is 10.2 Å². The quantitative estimate of drug-likeness (QED) is 0.337. The van der Waals surface area contributed by atoms with E-state index in [1.165, 1.54) is 34.8 Å². The highest BCUT2D eigenvalue weighted by Gasteiger charge is 2.20. The number of hydrogen-bond donors (Lipinski definition) is 1. The Kier molecular flexibility index (Phi) is 6.43. The third-order valence-corrected chi connectivity index (χ3v) is 6.06. The van der Waals surface area contributed by atoms with Crippen LogP contribution in [0.3, 0.4) is 0 Å². The van der Waals surface area contributed by atoms with Gasteiger partial charge in [-0.3, -0.25) is 14.2 Å². The van der Waals surface area contributed by atoms with E-state index in [2.05, 4.69) is 16.9 Å². The summed E-state index contributed by atoms with van der Waals surface area (Å²) in [6.45, 7) is 5.77. The summed E-state index contributed by atoms with van der Waals surface area (Å²) in [6.07, 6.45) is 1.63. The number of ether oxygens (including phenoxy) is 1. The lowest BCUT2D eigenvalue weighted by Crippen LogP contribution is -2.26. The third-order valence-electron chi connectivity index (χ3n) is 3.93. The summed E-state index contributed by atoms with van der Waals surface area (Å²) in [5.74, 6) is 0.257. The molecule has 3 rings (SSSR count). The van der Waals surface area contributed by atoms with Crippen LogP contribution in [0.4, 0.5) is 5.69 Å². The van der Waals surface area contributed by atoms with Crippen LogP contribution < -0.4 is 15.6 Å². The van der Waals surface area contributed by atoms with Crippen molar-refractivity contribution in [2.45, 2.75) is 23.9 Å². The van der Waals surface area contributed by atoms with Gasteiger partial charge in [-0.2, -0.15) is 0 Å². The van der Waals surface area contributed by atoms with Crippen molar-refractivity contribution in [2.75, 3.05) is 12.4 Å². The predicted octanol–water partition coefficient (Wildman–Crippen LogP) is 4.43. The molecule has 0 aliphatic carbocycles. The van der Waals surface area contributed by atoms with Crippen LogP contribution >= 0.6 is 34.7 Å². The first-order valence-corrected chi connectivity index (χ1v) is 10.5. The average Bonchev–Trinajstić information content (AvgIpc) is 3.13. The maximum atomic E-state index is 12.7. The summed E-state index contributed by atoms with van der Waals surface area (Å²) in [7, 11) is 1.52. The average molecular weight is 436 g/mol. The number of halogens is 1. The van der Waals surface area contributed by atoms with E-state index < -0.39 is 5.25 Å². The molecule has 2 aromatic heterocycles. The molecule has 2 heterocycles. The van der Waals surface area contributed by atoms with Crippen molar-refractivity contribution in [1.82, 2.24) is 9.55 Å². The highest BCUT2D eigenvalue weighted by Crippen LogP contribution is 2.30. The smallest absolute Gasteiger partial charge is 0.263 e. The molecule has 0 saturated heterocycles. The maximum absolute atomic E-state index is 12.7. The zero-order valence-electron chi connectivity index (χ0n) is 15.3. The highest BCUT2D eigenvalue weighted by molar-refractivity contribution is 8.00. The summed E-state index contributed by atoms with van der Waals surface area (Å²) in [6, 6.07) is 6.75. The van der Waals surface area contributed by atoms with Gasteiger partial charge in [0.05, 0.1) is 23.4 Å². The van der Waals surface area contributed by atoms with E-state index in [0.29, 0.717) is 38.4 Å². The van der Waals surface area contributed by atoms with Gasteiger partial charge < -0.3 is 10.1 Å². The van der Waals surface area contributed by atoms with Gasteiger partial charge in [0.15, 0.2) is 5.16 Å². The predicted molar refractivity (Wildman–Crippen MR) is 116 cm³/mol. The zero-order chi connectivity index (χ0) is 20.3. The van der Waals surface area contributed by atoms with Gasteiger partial charge in [0.1, 0.15) is 10.6 Å². The topological polar surface area (TPSA) is 73.2 Å². The van der Waals surface area contributed by atoms with Crippen molar-refractivity contribution < 1.29 is 9.53 Å². The number of methoxy groups -OCH3 is 1. The Bertz CT molecular complexity index is 1090. The number of aromatic nitrogens is 2. The van der Waals surface area contributed by atoms with Crippen molar-refractivity contribution in [3.8, 4) is 5.75 Å². The Labute approximate surface area is 175 Å². The molecule has 0 aliphatic heterocycles. The molecule has 146 valence electrons. The minimum atomic E-state index is -0.510. The van der Waals surface area contributed by atoms with Gasteiger partial charge in [0, 0.05) is 11.6 Å². The number of thioether (sulfide) groups is 1. The second-order valence-corrected chi connectivity index (χ2v) is 8.47. The molecule has 0 fully saturated rings. The SMILES string of the molecule is C=CCn1c(SC(C)C(=O)Nc2cc(Cl)ccc2OC)nc2sccc2c1=O. The normalized spacial score (nSPS) is 12.0. The van der Waals surface area contributed by atoms with Crippen molar-refractivity contribution >= 4 is 56.5 Å². The number of allylic oxidation sites excluding steroid dienone is 1. The summed E-state index contributed by atoms with van der Waals surface area (Å²) in [5, 5.41) is 5.66. The second kappa shape index (κ2) is 8.81. The third kappa shape index (κ3) is 4.24. The number of carbonyl (C=O) groups is 1. The minimum Gasteiger partial charge on any atom is -0.495 e. The van der Waals surface area contributed by atoms with Crippen LogP contribution in [0, 0.1) is 0 Å². The standard InChI is InChI=1S/C19H18ClN3O3S2/c1-4-8-23-18(25)13-7-9-27-17(13)22-19(23)28-11(2)16(24)21-14-10-12(20)5-6-15(14)26-3/h4-7,9-11H,1,8H2,2-3H3,(H,21,24). The van der Waals surface area contributed by atoms with Crippen LogP contribution in [0.1, 0.15) is 6.92 Å². The number of benzene rings is 1. The lowest BCUT2D eigenvalue weighted by atomic mass is 10.3. The van der Waals surface area contributed by atoms with Crippen molar-refractivity contribution in [1.29, 1.82) is 0 Å². The molecule has 9 heteroatoms. The van der Waals surface area contributed by atoms with Gasteiger partial charge in [-0.25, -0.2) is 4.98 Å². The molecule has 0 radical (unpaired) electrons. The number of fused-ring (bicyclic) bond motifs is 1. The molecule has 3 aromatic rings. The van der Waals surface area contributed by atoms with E-state index in [0.717, 1.165) is 0 Å². The molecule has 1 atom stereocenters. The molecular weight excluding hydrogens is 418 g/mol. The van der Waals surface area contributed by atoms with E-state index in [1.807, 2.05) is 5.38 Å². The number of rotatable bonds is 7. The largest absolute Gasteiger partial charge is 0.495 e.